The minimum Gasteiger partial charge on any atom is -0.388 e. The Morgan fingerprint density at radius 2 is 1.73 bits per heavy atom. The van der Waals surface area contributed by atoms with Gasteiger partial charge in [0.15, 0.2) is 0 Å². The van der Waals surface area contributed by atoms with Crippen molar-refractivity contribution in [2.75, 3.05) is 6.54 Å². The predicted molar refractivity (Wildman–Crippen MR) is 63.6 cm³/mol. The van der Waals surface area contributed by atoms with Crippen LogP contribution in [-0.2, 0) is 6.42 Å². The van der Waals surface area contributed by atoms with E-state index in [1.165, 1.54) is 5.56 Å². The summed E-state index contributed by atoms with van der Waals surface area (Å²) in [4.78, 5) is 0. The second-order valence-corrected chi connectivity index (χ2v) is 5.05. The van der Waals surface area contributed by atoms with E-state index in [0.717, 1.165) is 12.0 Å². The van der Waals surface area contributed by atoms with Gasteiger partial charge in [0.05, 0.1) is 6.10 Å². The molecule has 0 aromatic heterocycles. The maximum absolute atomic E-state index is 10.1. The fourth-order valence-electron chi connectivity index (χ4n) is 1.53. The van der Waals surface area contributed by atoms with Crippen molar-refractivity contribution >= 4 is 0 Å². The van der Waals surface area contributed by atoms with Crippen molar-refractivity contribution in [3.63, 3.8) is 0 Å². The van der Waals surface area contributed by atoms with Crippen LogP contribution in [0.1, 0.15) is 38.0 Å². The van der Waals surface area contributed by atoms with Gasteiger partial charge in [-0.25, -0.2) is 0 Å². The fourth-order valence-corrected chi connectivity index (χ4v) is 1.53. The third kappa shape index (κ3) is 3.33. The lowest BCUT2D eigenvalue weighted by Crippen LogP contribution is -2.17. The van der Waals surface area contributed by atoms with Gasteiger partial charge in [-0.15, -0.1) is 0 Å². The summed E-state index contributed by atoms with van der Waals surface area (Å²) in [6.07, 6.45) is 0.482. The van der Waals surface area contributed by atoms with E-state index in [-0.39, 0.29) is 5.41 Å². The van der Waals surface area contributed by atoms with Gasteiger partial charge in [0.2, 0.25) is 0 Å². The zero-order valence-electron chi connectivity index (χ0n) is 9.83. The highest BCUT2D eigenvalue weighted by atomic mass is 16.3. The molecule has 0 aliphatic heterocycles. The van der Waals surface area contributed by atoms with E-state index < -0.39 is 6.10 Å². The Balaban J connectivity index is 2.80. The first-order chi connectivity index (χ1) is 6.95. The molecule has 0 aliphatic carbocycles. The largest absolute Gasteiger partial charge is 0.388 e. The SMILES string of the molecule is CC(C)(C)C(O)c1ccc(CCN)cc1. The quantitative estimate of drug-likeness (QED) is 0.798. The Hall–Kier alpha value is -0.860. The van der Waals surface area contributed by atoms with Crippen LogP contribution in [0.4, 0.5) is 0 Å². The summed E-state index contributed by atoms with van der Waals surface area (Å²) in [6, 6.07) is 8.05. The molecule has 1 atom stereocenters. The molecular weight excluding hydrogens is 186 g/mol. The van der Waals surface area contributed by atoms with Gasteiger partial charge in [0.1, 0.15) is 0 Å². The molecule has 1 aromatic rings. The normalized spacial score (nSPS) is 13.9. The molecule has 84 valence electrons. The van der Waals surface area contributed by atoms with Crippen molar-refractivity contribution in [3.05, 3.63) is 35.4 Å². The van der Waals surface area contributed by atoms with E-state index in [2.05, 4.69) is 0 Å². The Morgan fingerprint density at radius 3 is 2.13 bits per heavy atom. The summed E-state index contributed by atoms with van der Waals surface area (Å²) in [5, 5.41) is 10.1. The molecule has 0 aliphatic rings. The zero-order chi connectivity index (χ0) is 11.5. The van der Waals surface area contributed by atoms with E-state index >= 15 is 0 Å². The molecule has 1 unspecified atom stereocenters. The maximum atomic E-state index is 10.1. The van der Waals surface area contributed by atoms with E-state index in [4.69, 9.17) is 5.73 Å². The van der Waals surface area contributed by atoms with E-state index in [9.17, 15) is 5.11 Å². The average molecular weight is 207 g/mol. The average Bonchev–Trinajstić information content (AvgIpc) is 2.17. The van der Waals surface area contributed by atoms with Gasteiger partial charge in [0.25, 0.3) is 0 Å². The molecule has 0 spiro atoms. The van der Waals surface area contributed by atoms with E-state index in [0.29, 0.717) is 6.54 Å². The molecule has 1 rings (SSSR count). The molecule has 0 saturated heterocycles. The Bertz CT molecular complexity index is 297. The smallest absolute Gasteiger partial charge is 0.0838 e. The molecular formula is C13H21NO. The lowest BCUT2D eigenvalue weighted by atomic mass is 9.84. The van der Waals surface area contributed by atoms with E-state index in [1.807, 2.05) is 45.0 Å². The van der Waals surface area contributed by atoms with Gasteiger partial charge in [-0.05, 0) is 29.5 Å². The monoisotopic (exact) mass is 207 g/mol. The van der Waals surface area contributed by atoms with Gasteiger partial charge >= 0.3 is 0 Å². The van der Waals surface area contributed by atoms with Crippen molar-refractivity contribution in [3.8, 4) is 0 Å². The molecule has 0 heterocycles. The minimum absolute atomic E-state index is 0.116. The summed E-state index contributed by atoms with van der Waals surface area (Å²) >= 11 is 0. The van der Waals surface area contributed by atoms with Crippen LogP contribution in [0.15, 0.2) is 24.3 Å². The zero-order valence-corrected chi connectivity index (χ0v) is 9.83. The summed E-state index contributed by atoms with van der Waals surface area (Å²) in [7, 11) is 0. The third-order valence-electron chi connectivity index (χ3n) is 2.55. The van der Waals surface area contributed by atoms with Crippen molar-refractivity contribution in [1.82, 2.24) is 0 Å². The van der Waals surface area contributed by atoms with Crippen LogP contribution in [0.2, 0.25) is 0 Å². The molecule has 1 aromatic carbocycles. The third-order valence-corrected chi connectivity index (χ3v) is 2.55. The highest BCUT2D eigenvalue weighted by Gasteiger charge is 2.23. The lowest BCUT2D eigenvalue weighted by Gasteiger charge is -2.26. The van der Waals surface area contributed by atoms with Gasteiger partial charge in [-0.1, -0.05) is 45.0 Å². The molecule has 0 amide bonds. The number of aliphatic hydroxyl groups excluding tert-OH is 1. The summed E-state index contributed by atoms with van der Waals surface area (Å²) < 4.78 is 0. The summed E-state index contributed by atoms with van der Waals surface area (Å²) in [6.45, 7) is 6.77. The second kappa shape index (κ2) is 4.77. The van der Waals surface area contributed by atoms with Crippen molar-refractivity contribution in [1.29, 1.82) is 0 Å². The molecule has 15 heavy (non-hydrogen) atoms. The Morgan fingerprint density at radius 1 is 1.20 bits per heavy atom. The van der Waals surface area contributed by atoms with Crippen LogP contribution in [0.3, 0.4) is 0 Å². The number of rotatable bonds is 3. The van der Waals surface area contributed by atoms with Crippen LogP contribution < -0.4 is 5.73 Å². The highest BCUT2D eigenvalue weighted by Crippen LogP contribution is 2.32. The molecule has 2 nitrogen and oxygen atoms in total. The summed E-state index contributed by atoms with van der Waals surface area (Å²) in [5.41, 5.74) is 7.56. The first-order valence-electron chi connectivity index (χ1n) is 5.42. The first-order valence-corrected chi connectivity index (χ1v) is 5.42. The van der Waals surface area contributed by atoms with Crippen LogP contribution in [-0.4, -0.2) is 11.7 Å². The number of nitrogens with two attached hydrogens (primary N) is 1. The van der Waals surface area contributed by atoms with E-state index in [1.54, 1.807) is 0 Å². The number of hydrogen-bond donors (Lipinski definition) is 2. The number of hydrogen-bond acceptors (Lipinski definition) is 2. The minimum atomic E-state index is -0.413. The number of aliphatic hydroxyl groups is 1. The van der Waals surface area contributed by atoms with Crippen molar-refractivity contribution < 1.29 is 5.11 Å². The lowest BCUT2D eigenvalue weighted by molar-refractivity contribution is 0.0627. The molecule has 2 heteroatoms. The topological polar surface area (TPSA) is 46.2 Å². The Kier molecular flexibility index (Phi) is 3.89. The fraction of sp³-hybridized carbons (Fsp3) is 0.538. The highest BCUT2D eigenvalue weighted by molar-refractivity contribution is 5.25. The molecule has 0 fully saturated rings. The van der Waals surface area contributed by atoms with Crippen molar-refractivity contribution in [2.24, 2.45) is 11.1 Å². The van der Waals surface area contributed by atoms with Crippen LogP contribution in [0.25, 0.3) is 0 Å². The standard InChI is InChI=1S/C13H21NO/c1-13(2,3)12(15)11-6-4-10(5-7-11)8-9-14/h4-7,12,15H,8-9,14H2,1-3H3. The van der Waals surface area contributed by atoms with Crippen LogP contribution in [0, 0.1) is 5.41 Å². The Labute approximate surface area is 92.1 Å². The van der Waals surface area contributed by atoms with Gasteiger partial charge in [-0.2, -0.15) is 0 Å². The van der Waals surface area contributed by atoms with Gasteiger partial charge in [-0.3, -0.25) is 0 Å². The molecule has 0 saturated carbocycles. The molecule has 3 N–H and O–H groups in total. The number of benzene rings is 1. The summed E-state index contributed by atoms with van der Waals surface area (Å²) in [5.74, 6) is 0. The predicted octanol–water partition coefficient (Wildman–Crippen LogP) is 2.27. The maximum Gasteiger partial charge on any atom is 0.0838 e. The second-order valence-electron chi connectivity index (χ2n) is 5.05. The first kappa shape index (κ1) is 12.2. The van der Waals surface area contributed by atoms with Crippen molar-refractivity contribution in [2.45, 2.75) is 33.3 Å². The van der Waals surface area contributed by atoms with Crippen LogP contribution in [0.5, 0.6) is 0 Å². The molecule has 0 bridgehead atoms. The molecule has 0 radical (unpaired) electrons. The van der Waals surface area contributed by atoms with Gasteiger partial charge in [0, 0.05) is 0 Å². The van der Waals surface area contributed by atoms with Gasteiger partial charge < -0.3 is 10.8 Å². The van der Waals surface area contributed by atoms with Crippen LogP contribution >= 0.6 is 0 Å².